The molecule has 3 aromatic heterocycles. The van der Waals surface area contributed by atoms with Crippen molar-refractivity contribution in [2.45, 2.75) is 44.9 Å². The van der Waals surface area contributed by atoms with Crippen LogP contribution in [-0.2, 0) is 11.8 Å². The van der Waals surface area contributed by atoms with Gasteiger partial charge in [-0.2, -0.15) is 10.2 Å². The van der Waals surface area contributed by atoms with Crippen LogP contribution >= 0.6 is 0 Å². The summed E-state index contributed by atoms with van der Waals surface area (Å²) in [6.07, 6.45) is 10.1. The molecule has 2 N–H and O–H groups in total. The molecule has 0 radical (unpaired) electrons. The zero-order valence-corrected chi connectivity index (χ0v) is 21.5. The van der Waals surface area contributed by atoms with Crippen LogP contribution in [0.15, 0.2) is 29.6 Å². The second-order valence-corrected chi connectivity index (χ2v) is 10.0. The third kappa shape index (κ3) is 4.57. The van der Waals surface area contributed by atoms with E-state index in [4.69, 9.17) is 14.6 Å². The highest BCUT2D eigenvalue weighted by Crippen LogP contribution is 2.35. The van der Waals surface area contributed by atoms with E-state index in [-0.39, 0.29) is 24.7 Å². The Labute approximate surface area is 215 Å². The normalized spacial score (nSPS) is 25.2. The van der Waals surface area contributed by atoms with E-state index in [0.717, 1.165) is 40.9 Å². The monoisotopic (exact) mass is 506 g/mol. The average Bonchev–Trinajstić information content (AvgIpc) is 3.47. The van der Waals surface area contributed by atoms with Crippen molar-refractivity contribution < 1.29 is 14.6 Å². The van der Waals surface area contributed by atoms with Gasteiger partial charge >= 0.3 is 0 Å². The minimum absolute atomic E-state index is 0.0255. The molecule has 0 spiro atoms. The lowest BCUT2D eigenvalue weighted by atomic mass is 9.98. The number of hydrazone groups is 1. The number of aromatic nitrogens is 5. The first kappa shape index (κ1) is 23.9. The fraction of sp³-hybridized carbons (Fsp3) is 0.538. The quantitative estimate of drug-likeness (QED) is 0.554. The van der Waals surface area contributed by atoms with Crippen LogP contribution in [0, 0.1) is 5.92 Å². The summed E-state index contributed by atoms with van der Waals surface area (Å²) in [5, 5.41) is 29.7. The topological polar surface area (TPSA) is 117 Å². The van der Waals surface area contributed by atoms with Crippen LogP contribution in [0.2, 0.25) is 0 Å². The molecule has 11 heteroatoms. The van der Waals surface area contributed by atoms with Crippen molar-refractivity contribution in [2.24, 2.45) is 18.1 Å². The first-order valence-corrected chi connectivity index (χ1v) is 13.1. The van der Waals surface area contributed by atoms with Crippen LogP contribution in [0.3, 0.4) is 0 Å². The van der Waals surface area contributed by atoms with Crippen LogP contribution in [0.4, 0.5) is 0 Å². The number of nitrogens with one attached hydrogen (secondary N) is 1. The summed E-state index contributed by atoms with van der Waals surface area (Å²) in [6.45, 7) is 6.66. The van der Waals surface area contributed by atoms with E-state index < -0.39 is 0 Å². The average molecular weight is 507 g/mol. The molecule has 2 bridgehead atoms. The number of H-pyrrole nitrogens is 1. The summed E-state index contributed by atoms with van der Waals surface area (Å²) in [7, 11) is 1.89. The minimum atomic E-state index is -0.0675. The van der Waals surface area contributed by atoms with Gasteiger partial charge in [-0.3, -0.25) is 20.0 Å². The Hall–Kier alpha value is -3.44. The smallest absolute Gasteiger partial charge is 0.221 e. The molecule has 3 aromatic rings. The SMILES string of the molecule is CCOC1=NN(CCO)C2CN(C3CC3)C[C@H](C)Oc3c(cnn3C)-c3cc4c(n[nH]c4cn3)/C=C/C12. The van der Waals surface area contributed by atoms with Crippen molar-refractivity contribution in [1.82, 2.24) is 34.9 Å². The lowest BCUT2D eigenvalue weighted by molar-refractivity contribution is 0.0872. The maximum Gasteiger partial charge on any atom is 0.221 e. The standard InChI is InChI=1S/C26H34N8O3/c1-4-36-25-18-7-8-21-19-11-22(27-13-23(19)30-29-21)20-12-28-32(3)26(20)37-16(2)14-33(17-5-6-17)15-24(18)34(31-25)9-10-35/h7-8,11-13,16-18,24,35H,4-6,9-10,14-15H2,1-3H3,(H,29,30)/b8-7+/t16-,18?,24?/m0/s1. The molecular weight excluding hydrogens is 472 g/mol. The summed E-state index contributed by atoms with van der Waals surface area (Å²) >= 11 is 0. The zero-order valence-electron chi connectivity index (χ0n) is 21.5. The number of aliphatic hydroxyl groups is 1. The van der Waals surface area contributed by atoms with Gasteiger partial charge in [-0.1, -0.05) is 6.08 Å². The highest BCUT2D eigenvalue weighted by Gasteiger charge is 2.41. The predicted octanol–water partition coefficient (Wildman–Crippen LogP) is 2.26. The summed E-state index contributed by atoms with van der Waals surface area (Å²) in [5.74, 6) is 1.32. The maximum atomic E-state index is 9.79. The molecular formula is C26H34N8O3. The Kier molecular flexibility index (Phi) is 6.33. The molecule has 6 rings (SSSR count). The second-order valence-electron chi connectivity index (χ2n) is 10.0. The number of hydrogen-bond donors (Lipinski definition) is 2. The molecule has 1 fully saturated rings. The molecule has 1 saturated carbocycles. The van der Waals surface area contributed by atoms with Gasteiger partial charge in [-0.05, 0) is 38.8 Å². The summed E-state index contributed by atoms with van der Waals surface area (Å²) in [6, 6.07) is 2.58. The Bertz CT molecular complexity index is 1330. The van der Waals surface area contributed by atoms with Gasteiger partial charge in [0.1, 0.15) is 6.10 Å². The number of nitrogens with zero attached hydrogens (tertiary/aromatic N) is 7. The van der Waals surface area contributed by atoms with Crippen molar-refractivity contribution >= 4 is 22.9 Å². The van der Waals surface area contributed by atoms with Gasteiger partial charge in [-0.15, -0.1) is 5.10 Å². The van der Waals surface area contributed by atoms with E-state index in [1.165, 1.54) is 12.8 Å². The third-order valence-electron chi connectivity index (χ3n) is 7.32. The van der Waals surface area contributed by atoms with Gasteiger partial charge in [0, 0.05) is 31.6 Å². The Morgan fingerprint density at radius 3 is 2.89 bits per heavy atom. The lowest BCUT2D eigenvalue weighted by Crippen LogP contribution is -2.47. The van der Waals surface area contributed by atoms with Crippen molar-refractivity contribution in [3.63, 3.8) is 0 Å². The van der Waals surface area contributed by atoms with Crippen molar-refractivity contribution in [3.8, 4) is 17.1 Å². The number of aromatic amines is 1. The van der Waals surface area contributed by atoms with E-state index in [2.05, 4.69) is 38.2 Å². The first-order chi connectivity index (χ1) is 18.1. The molecule has 37 heavy (non-hydrogen) atoms. The number of fused-ring (bicyclic) bond motifs is 4. The zero-order chi connectivity index (χ0) is 25.5. The van der Waals surface area contributed by atoms with E-state index in [0.29, 0.717) is 31.0 Å². The molecule has 196 valence electrons. The van der Waals surface area contributed by atoms with Crippen molar-refractivity contribution in [3.05, 3.63) is 30.2 Å². The molecule has 1 aliphatic carbocycles. The molecule has 3 aliphatic rings. The van der Waals surface area contributed by atoms with E-state index in [9.17, 15) is 5.11 Å². The van der Waals surface area contributed by atoms with E-state index in [1.54, 1.807) is 10.9 Å². The molecule has 2 unspecified atom stereocenters. The van der Waals surface area contributed by atoms with E-state index in [1.807, 2.05) is 37.3 Å². The van der Waals surface area contributed by atoms with E-state index >= 15 is 0 Å². The number of hydrogen-bond acceptors (Lipinski definition) is 9. The third-order valence-corrected chi connectivity index (χ3v) is 7.32. The first-order valence-electron chi connectivity index (χ1n) is 13.1. The number of β-amino-alcohol motifs (C(OH)–C–C–N with tert-alkyl or cyclic N) is 1. The second kappa shape index (κ2) is 9.79. The number of aryl methyl sites for hydroxylation is 1. The predicted molar refractivity (Wildman–Crippen MR) is 140 cm³/mol. The number of pyridine rings is 1. The van der Waals surface area contributed by atoms with Gasteiger partial charge in [0.15, 0.2) is 0 Å². The summed E-state index contributed by atoms with van der Waals surface area (Å²) < 4.78 is 14.3. The van der Waals surface area contributed by atoms with Crippen LogP contribution in [0.25, 0.3) is 28.2 Å². The molecule has 3 atom stereocenters. The van der Waals surface area contributed by atoms with Crippen LogP contribution in [0.5, 0.6) is 5.88 Å². The van der Waals surface area contributed by atoms with Gasteiger partial charge in [-0.25, -0.2) is 4.68 Å². The maximum absolute atomic E-state index is 9.79. The number of ether oxygens (including phenoxy) is 2. The molecule has 5 heterocycles. The lowest BCUT2D eigenvalue weighted by Gasteiger charge is -2.33. The Morgan fingerprint density at radius 1 is 1.24 bits per heavy atom. The van der Waals surface area contributed by atoms with Crippen molar-refractivity contribution in [2.75, 3.05) is 32.8 Å². The largest absolute Gasteiger partial charge is 0.480 e. The fourth-order valence-corrected chi connectivity index (χ4v) is 5.39. The molecule has 2 aliphatic heterocycles. The number of aliphatic hydroxyl groups excluding tert-OH is 1. The van der Waals surface area contributed by atoms with Gasteiger partial charge in [0.25, 0.3) is 0 Å². The highest BCUT2D eigenvalue weighted by atomic mass is 16.5. The summed E-state index contributed by atoms with van der Waals surface area (Å²) in [5.41, 5.74) is 3.33. The molecule has 0 saturated heterocycles. The Balaban J connectivity index is 1.46. The molecule has 0 aromatic carbocycles. The summed E-state index contributed by atoms with van der Waals surface area (Å²) in [4.78, 5) is 7.18. The van der Waals surface area contributed by atoms with Crippen LogP contribution in [0.1, 0.15) is 32.4 Å². The fourth-order valence-electron chi connectivity index (χ4n) is 5.39. The van der Waals surface area contributed by atoms with Gasteiger partial charge in [0.05, 0.1) is 66.6 Å². The highest BCUT2D eigenvalue weighted by molar-refractivity contribution is 5.90. The number of rotatable bonds is 4. The molecule has 0 amide bonds. The minimum Gasteiger partial charge on any atom is -0.480 e. The van der Waals surface area contributed by atoms with Crippen LogP contribution < -0.4 is 4.74 Å². The molecule has 11 nitrogen and oxygen atoms in total. The Morgan fingerprint density at radius 2 is 2.11 bits per heavy atom. The van der Waals surface area contributed by atoms with Crippen LogP contribution in [-0.4, -0.2) is 96.9 Å². The van der Waals surface area contributed by atoms with Gasteiger partial charge in [0.2, 0.25) is 11.8 Å². The van der Waals surface area contributed by atoms with Gasteiger partial charge < -0.3 is 14.6 Å². The van der Waals surface area contributed by atoms with Crippen molar-refractivity contribution in [1.29, 1.82) is 0 Å².